The zero-order valence-corrected chi connectivity index (χ0v) is 11.2. The van der Waals surface area contributed by atoms with Gasteiger partial charge < -0.3 is 4.42 Å². The van der Waals surface area contributed by atoms with Gasteiger partial charge in [-0.25, -0.2) is 0 Å². The predicted molar refractivity (Wildman–Crippen MR) is 79.9 cm³/mol. The summed E-state index contributed by atoms with van der Waals surface area (Å²) < 4.78 is 5.86. The number of hydrogen-bond donors (Lipinski definition) is 0. The smallest absolute Gasteiger partial charge is 0.196 e. The van der Waals surface area contributed by atoms with Gasteiger partial charge in [0, 0.05) is 11.1 Å². The Hall–Kier alpha value is -2.06. The highest BCUT2D eigenvalue weighted by Crippen LogP contribution is 2.24. The highest BCUT2D eigenvalue weighted by molar-refractivity contribution is 5.85. The summed E-state index contributed by atoms with van der Waals surface area (Å²) in [5, 5.41) is 0.634. The fourth-order valence-corrected chi connectivity index (χ4v) is 2.10. The standard InChI is InChI=1S/C16H12O2.ClH/c1-11-15(17)13-9-5-6-10-14(13)18-16(11)12-7-3-2-4-8-12;/h2-10H,1H3;1H. The summed E-state index contributed by atoms with van der Waals surface area (Å²) in [4.78, 5) is 12.3. The Kier molecular flexibility index (Phi) is 3.72. The summed E-state index contributed by atoms with van der Waals surface area (Å²) in [5.74, 6) is 0.652. The van der Waals surface area contributed by atoms with Gasteiger partial charge in [0.1, 0.15) is 11.3 Å². The van der Waals surface area contributed by atoms with E-state index in [0.29, 0.717) is 22.3 Å². The Bertz CT molecular complexity index is 761. The molecule has 0 unspecified atom stereocenters. The highest BCUT2D eigenvalue weighted by Gasteiger charge is 2.11. The predicted octanol–water partition coefficient (Wildman–Crippen LogP) is 4.19. The summed E-state index contributed by atoms with van der Waals surface area (Å²) in [6, 6.07) is 17.0. The second-order valence-corrected chi connectivity index (χ2v) is 4.25. The molecule has 3 aromatic rings. The van der Waals surface area contributed by atoms with Crippen molar-refractivity contribution >= 4 is 23.4 Å². The molecule has 19 heavy (non-hydrogen) atoms. The lowest BCUT2D eigenvalue weighted by atomic mass is 10.1. The van der Waals surface area contributed by atoms with Crippen molar-refractivity contribution < 1.29 is 4.42 Å². The van der Waals surface area contributed by atoms with Gasteiger partial charge in [0.05, 0.1) is 5.39 Å². The molecule has 0 fully saturated rings. The SMILES string of the molecule is Cc1c(-c2ccccc2)oc2ccccc2c1=O.Cl. The van der Waals surface area contributed by atoms with Crippen LogP contribution >= 0.6 is 12.4 Å². The van der Waals surface area contributed by atoms with Gasteiger partial charge in [-0.15, -0.1) is 12.4 Å². The van der Waals surface area contributed by atoms with Gasteiger partial charge in [-0.3, -0.25) is 4.79 Å². The molecule has 96 valence electrons. The molecule has 2 nitrogen and oxygen atoms in total. The molecule has 3 rings (SSSR count). The van der Waals surface area contributed by atoms with Crippen molar-refractivity contribution in [3.63, 3.8) is 0 Å². The minimum atomic E-state index is 0. The number of rotatable bonds is 1. The first-order chi connectivity index (χ1) is 8.77. The van der Waals surface area contributed by atoms with E-state index in [4.69, 9.17) is 4.42 Å². The van der Waals surface area contributed by atoms with Gasteiger partial charge in [0.25, 0.3) is 0 Å². The van der Waals surface area contributed by atoms with Crippen LogP contribution in [0.2, 0.25) is 0 Å². The minimum Gasteiger partial charge on any atom is -0.456 e. The van der Waals surface area contributed by atoms with E-state index in [1.165, 1.54) is 0 Å². The van der Waals surface area contributed by atoms with Gasteiger partial charge in [-0.05, 0) is 19.1 Å². The van der Waals surface area contributed by atoms with Crippen molar-refractivity contribution in [2.45, 2.75) is 6.92 Å². The van der Waals surface area contributed by atoms with Crippen LogP contribution in [0.25, 0.3) is 22.3 Å². The Morgan fingerprint density at radius 1 is 0.895 bits per heavy atom. The Morgan fingerprint density at radius 3 is 2.26 bits per heavy atom. The monoisotopic (exact) mass is 272 g/mol. The van der Waals surface area contributed by atoms with E-state index in [2.05, 4.69) is 0 Å². The second kappa shape index (κ2) is 5.29. The van der Waals surface area contributed by atoms with E-state index in [1.54, 1.807) is 13.0 Å². The van der Waals surface area contributed by atoms with Crippen molar-refractivity contribution in [3.05, 3.63) is 70.4 Å². The lowest BCUT2D eigenvalue weighted by molar-refractivity contribution is 0.614. The topological polar surface area (TPSA) is 30.2 Å². The normalized spacial score (nSPS) is 10.2. The molecule has 0 bridgehead atoms. The molecule has 1 heterocycles. The fraction of sp³-hybridized carbons (Fsp3) is 0.0625. The quantitative estimate of drug-likeness (QED) is 0.665. The van der Waals surface area contributed by atoms with Gasteiger partial charge in [-0.1, -0.05) is 42.5 Å². The van der Waals surface area contributed by atoms with Crippen molar-refractivity contribution in [1.29, 1.82) is 0 Å². The van der Waals surface area contributed by atoms with Crippen molar-refractivity contribution in [1.82, 2.24) is 0 Å². The molecule has 0 aliphatic heterocycles. The van der Waals surface area contributed by atoms with Crippen LogP contribution < -0.4 is 5.43 Å². The van der Waals surface area contributed by atoms with Crippen LogP contribution in [0.3, 0.4) is 0 Å². The van der Waals surface area contributed by atoms with Crippen LogP contribution in [0.1, 0.15) is 5.56 Å². The van der Waals surface area contributed by atoms with Gasteiger partial charge in [0.15, 0.2) is 5.43 Å². The molecule has 0 aliphatic carbocycles. The number of fused-ring (bicyclic) bond motifs is 1. The van der Waals surface area contributed by atoms with Crippen LogP contribution in [-0.4, -0.2) is 0 Å². The maximum atomic E-state index is 12.3. The van der Waals surface area contributed by atoms with Crippen LogP contribution in [0.5, 0.6) is 0 Å². The molecule has 0 N–H and O–H groups in total. The van der Waals surface area contributed by atoms with Crippen molar-refractivity contribution in [2.75, 3.05) is 0 Å². The summed E-state index contributed by atoms with van der Waals surface area (Å²) in [7, 11) is 0. The first kappa shape index (κ1) is 13.4. The third-order valence-electron chi connectivity index (χ3n) is 3.06. The molecule has 0 radical (unpaired) electrons. The highest BCUT2D eigenvalue weighted by atomic mass is 35.5. The Morgan fingerprint density at radius 2 is 1.53 bits per heavy atom. The average Bonchev–Trinajstić information content (AvgIpc) is 2.44. The number of benzene rings is 2. The van der Waals surface area contributed by atoms with E-state index in [-0.39, 0.29) is 17.8 Å². The van der Waals surface area contributed by atoms with Crippen LogP contribution in [0.15, 0.2) is 63.8 Å². The molecule has 0 atom stereocenters. The second-order valence-electron chi connectivity index (χ2n) is 4.25. The zero-order valence-electron chi connectivity index (χ0n) is 10.4. The fourth-order valence-electron chi connectivity index (χ4n) is 2.10. The molecule has 0 aliphatic rings. The van der Waals surface area contributed by atoms with Crippen LogP contribution in [0, 0.1) is 6.92 Å². The molecule has 0 spiro atoms. The van der Waals surface area contributed by atoms with Gasteiger partial charge >= 0.3 is 0 Å². The summed E-state index contributed by atoms with van der Waals surface area (Å²) in [5.41, 5.74) is 2.25. The van der Waals surface area contributed by atoms with Gasteiger partial charge in [-0.2, -0.15) is 0 Å². The van der Waals surface area contributed by atoms with Crippen molar-refractivity contribution in [3.8, 4) is 11.3 Å². The Balaban J connectivity index is 0.00000133. The molecule has 0 saturated carbocycles. The minimum absolute atomic E-state index is 0. The third-order valence-corrected chi connectivity index (χ3v) is 3.06. The van der Waals surface area contributed by atoms with Crippen LogP contribution in [-0.2, 0) is 0 Å². The first-order valence-corrected chi connectivity index (χ1v) is 5.85. The molecule has 2 aromatic carbocycles. The Labute approximate surface area is 117 Å². The zero-order chi connectivity index (χ0) is 12.5. The van der Waals surface area contributed by atoms with Crippen molar-refractivity contribution in [2.24, 2.45) is 0 Å². The summed E-state index contributed by atoms with van der Waals surface area (Å²) in [6.07, 6.45) is 0. The van der Waals surface area contributed by atoms with Crippen LogP contribution in [0.4, 0.5) is 0 Å². The molecular weight excluding hydrogens is 260 g/mol. The molecule has 0 saturated heterocycles. The first-order valence-electron chi connectivity index (χ1n) is 5.85. The molecular formula is C16H13ClO2. The average molecular weight is 273 g/mol. The summed E-state index contributed by atoms with van der Waals surface area (Å²) >= 11 is 0. The number of hydrogen-bond acceptors (Lipinski definition) is 2. The van der Waals surface area contributed by atoms with Gasteiger partial charge in [0.2, 0.25) is 0 Å². The maximum Gasteiger partial charge on any atom is 0.196 e. The molecule has 0 amide bonds. The third kappa shape index (κ3) is 2.27. The number of halogens is 1. The van der Waals surface area contributed by atoms with E-state index in [0.717, 1.165) is 5.56 Å². The largest absolute Gasteiger partial charge is 0.456 e. The molecule has 1 aromatic heterocycles. The molecule has 3 heteroatoms. The summed E-state index contributed by atoms with van der Waals surface area (Å²) in [6.45, 7) is 1.81. The lowest BCUT2D eigenvalue weighted by Crippen LogP contribution is -2.06. The lowest BCUT2D eigenvalue weighted by Gasteiger charge is -2.06. The number of para-hydroxylation sites is 1. The van der Waals surface area contributed by atoms with E-state index in [9.17, 15) is 4.79 Å². The van der Waals surface area contributed by atoms with E-state index >= 15 is 0 Å². The van der Waals surface area contributed by atoms with E-state index < -0.39 is 0 Å². The van der Waals surface area contributed by atoms with E-state index in [1.807, 2.05) is 48.5 Å². The maximum absolute atomic E-state index is 12.3.